The third-order valence-corrected chi connectivity index (χ3v) is 7.53. The second-order valence-electron chi connectivity index (χ2n) is 7.49. The lowest BCUT2D eigenvalue weighted by Crippen LogP contribution is -2.24. The third-order valence-electron chi connectivity index (χ3n) is 5.36. The molecule has 0 atom stereocenters. The molecule has 3 aromatic carbocycles. The molecule has 0 aliphatic rings. The number of aliphatic hydroxyl groups excluding tert-OH is 1. The van der Waals surface area contributed by atoms with E-state index in [2.05, 4.69) is 107 Å². The molecule has 168 valence electrons. The summed E-state index contributed by atoms with van der Waals surface area (Å²) in [6.07, 6.45) is 2.77. The summed E-state index contributed by atoms with van der Waals surface area (Å²) >= 11 is 3.40. The molecule has 0 amide bonds. The van der Waals surface area contributed by atoms with E-state index in [9.17, 15) is 0 Å². The average Bonchev–Trinajstić information content (AvgIpc) is 3.33. The van der Waals surface area contributed by atoms with Crippen molar-refractivity contribution in [3.05, 3.63) is 129 Å². The van der Waals surface area contributed by atoms with Crippen LogP contribution in [-0.2, 0) is 16.1 Å². The van der Waals surface area contributed by atoms with E-state index < -0.39 is 0 Å². The lowest BCUT2D eigenvalue weighted by atomic mass is 9.84. The molecule has 4 rings (SSSR count). The number of aliphatic hydroxyl groups is 1. The van der Waals surface area contributed by atoms with Crippen molar-refractivity contribution in [2.75, 3.05) is 13.2 Å². The van der Waals surface area contributed by atoms with Crippen LogP contribution in [0.5, 0.6) is 0 Å². The van der Waals surface area contributed by atoms with Crippen LogP contribution in [0.1, 0.15) is 33.7 Å². The summed E-state index contributed by atoms with van der Waals surface area (Å²) in [7, 11) is 0. The Morgan fingerprint density at radius 3 is 1.91 bits per heavy atom. The van der Waals surface area contributed by atoms with E-state index in [4.69, 9.17) is 9.84 Å². The minimum absolute atomic E-state index is 0.140. The Hall–Kier alpha value is -2.70. The molecule has 1 heterocycles. The minimum Gasteiger partial charge on any atom is -0.396 e. The van der Waals surface area contributed by atoms with E-state index in [1.54, 1.807) is 23.1 Å². The molecule has 0 spiro atoms. The summed E-state index contributed by atoms with van der Waals surface area (Å²) in [5.41, 5.74) is 6.48. The topological polar surface area (TPSA) is 42.4 Å². The quantitative estimate of drug-likeness (QED) is 0.194. The number of thioether (sulfide) groups is 1. The Morgan fingerprint density at radius 2 is 1.39 bits per heavy atom. The minimum atomic E-state index is -0.386. The number of benzene rings is 3. The van der Waals surface area contributed by atoms with E-state index in [1.165, 1.54) is 16.7 Å². The molecule has 0 saturated carbocycles. The highest BCUT2D eigenvalue weighted by Gasteiger charge is 2.36. The normalized spacial score (nSPS) is 11.8. The van der Waals surface area contributed by atoms with Crippen molar-refractivity contribution in [2.45, 2.75) is 17.8 Å². The largest absolute Gasteiger partial charge is 0.396 e. The standard InChI is InChI=1S/C28H27NO2S2/c30-18-10-19-31-21-26-27(32-22-29-26)17-20-33-28(23-11-4-1-5-12-23,24-13-6-2-7-14-24)25-15-8-3-9-16-25/h1-9,11-17,20,22,30H,10,18-19,21H2. The summed E-state index contributed by atoms with van der Waals surface area (Å²) in [5.74, 6) is 0. The Morgan fingerprint density at radius 1 is 0.848 bits per heavy atom. The Kier molecular flexibility index (Phi) is 8.50. The van der Waals surface area contributed by atoms with Gasteiger partial charge in [0.2, 0.25) is 0 Å². The molecule has 5 heteroatoms. The maximum atomic E-state index is 8.94. The van der Waals surface area contributed by atoms with Crippen molar-refractivity contribution in [1.29, 1.82) is 0 Å². The Bertz CT molecular complexity index is 1030. The molecule has 1 N–H and O–H groups in total. The van der Waals surface area contributed by atoms with Crippen LogP contribution in [-0.4, -0.2) is 23.3 Å². The molecule has 33 heavy (non-hydrogen) atoms. The first-order valence-corrected chi connectivity index (χ1v) is 12.7. The zero-order valence-electron chi connectivity index (χ0n) is 18.3. The van der Waals surface area contributed by atoms with Crippen molar-refractivity contribution in [2.24, 2.45) is 0 Å². The van der Waals surface area contributed by atoms with Gasteiger partial charge in [0.1, 0.15) is 0 Å². The first-order chi connectivity index (χ1) is 16.3. The second-order valence-corrected chi connectivity index (χ2v) is 9.50. The molecule has 0 unspecified atom stereocenters. The Labute approximate surface area is 203 Å². The first-order valence-electron chi connectivity index (χ1n) is 11.0. The van der Waals surface area contributed by atoms with Crippen LogP contribution < -0.4 is 0 Å². The predicted molar refractivity (Wildman–Crippen MR) is 139 cm³/mol. The number of rotatable bonds is 11. The van der Waals surface area contributed by atoms with Gasteiger partial charge in [0, 0.05) is 13.2 Å². The average molecular weight is 474 g/mol. The number of thiazole rings is 1. The van der Waals surface area contributed by atoms with Gasteiger partial charge in [-0.3, -0.25) is 0 Å². The lowest BCUT2D eigenvalue weighted by Gasteiger charge is -2.34. The van der Waals surface area contributed by atoms with E-state index in [1.807, 2.05) is 5.51 Å². The van der Waals surface area contributed by atoms with Crippen molar-refractivity contribution in [1.82, 2.24) is 4.98 Å². The molecular weight excluding hydrogens is 446 g/mol. The van der Waals surface area contributed by atoms with Crippen molar-refractivity contribution < 1.29 is 9.84 Å². The number of aromatic nitrogens is 1. The van der Waals surface area contributed by atoms with Crippen molar-refractivity contribution in [3.63, 3.8) is 0 Å². The summed E-state index contributed by atoms with van der Waals surface area (Å²) in [5, 5.41) is 11.1. The van der Waals surface area contributed by atoms with Gasteiger partial charge in [0.05, 0.1) is 27.4 Å². The molecule has 0 fully saturated rings. The molecular formula is C28H27NO2S2. The number of ether oxygens (including phenoxy) is 1. The van der Waals surface area contributed by atoms with Gasteiger partial charge in [-0.1, -0.05) is 91.0 Å². The zero-order valence-corrected chi connectivity index (χ0v) is 20.0. The van der Waals surface area contributed by atoms with Crippen LogP contribution in [0.3, 0.4) is 0 Å². The second kappa shape index (κ2) is 12.0. The summed E-state index contributed by atoms with van der Waals surface area (Å²) in [6, 6.07) is 32.0. The molecule has 3 nitrogen and oxygen atoms in total. The van der Waals surface area contributed by atoms with E-state index in [0.717, 1.165) is 10.6 Å². The zero-order chi connectivity index (χ0) is 22.8. The van der Waals surface area contributed by atoms with Crippen molar-refractivity contribution in [3.8, 4) is 0 Å². The van der Waals surface area contributed by atoms with E-state index >= 15 is 0 Å². The fourth-order valence-corrected chi connectivity index (χ4v) is 5.78. The fraction of sp³-hybridized carbons (Fsp3) is 0.179. The molecule has 0 aliphatic heterocycles. The maximum Gasteiger partial charge on any atom is 0.0948 e. The highest BCUT2D eigenvalue weighted by molar-refractivity contribution is 8.03. The predicted octanol–water partition coefficient (Wildman–Crippen LogP) is 6.74. The van der Waals surface area contributed by atoms with Crippen LogP contribution in [0.4, 0.5) is 0 Å². The van der Waals surface area contributed by atoms with Crippen LogP contribution in [0, 0.1) is 0 Å². The third kappa shape index (κ3) is 5.63. The van der Waals surface area contributed by atoms with Gasteiger partial charge < -0.3 is 9.84 Å². The molecule has 1 aromatic heterocycles. The number of hydrogen-bond donors (Lipinski definition) is 1. The van der Waals surface area contributed by atoms with E-state index in [-0.39, 0.29) is 11.4 Å². The van der Waals surface area contributed by atoms with Gasteiger partial charge in [-0.25, -0.2) is 4.98 Å². The van der Waals surface area contributed by atoms with Gasteiger partial charge in [-0.15, -0.1) is 23.1 Å². The van der Waals surface area contributed by atoms with Crippen LogP contribution >= 0.6 is 23.1 Å². The van der Waals surface area contributed by atoms with Gasteiger partial charge in [-0.2, -0.15) is 0 Å². The monoisotopic (exact) mass is 473 g/mol. The number of nitrogens with zero attached hydrogens (tertiary/aromatic N) is 1. The fourth-order valence-electron chi connectivity index (χ4n) is 3.78. The van der Waals surface area contributed by atoms with Crippen LogP contribution in [0.15, 0.2) is 102 Å². The van der Waals surface area contributed by atoms with Crippen LogP contribution in [0.2, 0.25) is 0 Å². The molecule has 4 aromatic rings. The SMILES string of the molecule is OCCCOCc1ncsc1C=CSC(c1ccccc1)(c1ccccc1)c1ccccc1. The Balaban J connectivity index is 1.69. The lowest BCUT2D eigenvalue weighted by molar-refractivity contribution is 0.102. The van der Waals surface area contributed by atoms with Gasteiger partial charge in [0.15, 0.2) is 0 Å². The van der Waals surface area contributed by atoms with Gasteiger partial charge in [0.25, 0.3) is 0 Å². The highest BCUT2D eigenvalue weighted by atomic mass is 32.2. The van der Waals surface area contributed by atoms with Crippen molar-refractivity contribution >= 4 is 29.2 Å². The van der Waals surface area contributed by atoms with Crippen LogP contribution in [0.25, 0.3) is 6.08 Å². The van der Waals surface area contributed by atoms with E-state index in [0.29, 0.717) is 19.6 Å². The van der Waals surface area contributed by atoms with Gasteiger partial charge >= 0.3 is 0 Å². The molecule has 0 aliphatic carbocycles. The smallest absolute Gasteiger partial charge is 0.0948 e. The summed E-state index contributed by atoms with van der Waals surface area (Å²) in [4.78, 5) is 5.57. The number of hydrogen-bond acceptors (Lipinski definition) is 5. The molecule has 0 radical (unpaired) electrons. The molecule has 0 bridgehead atoms. The molecule has 0 saturated heterocycles. The summed E-state index contributed by atoms with van der Waals surface area (Å²) < 4.78 is 5.27. The first kappa shape index (κ1) is 23.5. The summed E-state index contributed by atoms with van der Waals surface area (Å²) in [6.45, 7) is 1.13. The highest BCUT2D eigenvalue weighted by Crippen LogP contribution is 2.49. The van der Waals surface area contributed by atoms with Gasteiger partial charge in [-0.05, 0) is 34.6 Å². The maximum absolute atomic E-state index is 8.94.